The second kappa shape index (κ2) is 4.57. The van der Waals surface area contributed by atoms with Crippen LogP contribution in [-0.2, 0) is 6.61 Å². The quantitative estimate of drug-likeness (QED) is 0.704. The van der Waals surface area contributed by atoms with Gasteiger partial charge in [-0.1, -0.05) is 0 Å². The molecule has 0 atom stereocenters. The maximum absolute atomic E-state index is 11.4. The number of carbonyl (C=O) groups is 1. The summed E-state index contributed by atoms with van der Waals surface area (Å²) >= 11 is 0. The van der Waals surface area contributed by atoms with Crippen molar-refractivity contribution in [1.82, 2.24) is 10.3 Å². The van der Waals surface area contributed by atoms with Gasteiger partial charge in [0.15, 0.2) is 0 Å². The van der Waals surface area contributed by atoms with Crippen molar-refractivity contribution in [2.45, 2.75) is 13.5 Å². The number of pyridine rings is 1. The summed E-state index contributed by atoms with van der Waals surface area (Å²) in [4.78, 5) is 15.3. The smallest absolute Gasteiger partial charge is 0.253 e. The van der Waals surface area contributed by atoms with Crippen LogP contribution in [-0.4, -0.2) is 22.5 Å². The summed E-state index contributed by atoms with van der Waals surface area (Å²) in [5.41, 5.74) is 0.848. The molecule has 1 heterocycles. The highest BCUT2D eigenvalue weighted by atomic mass is 16.3. The fraction of sp³-hybridized carbons (Fsp3) is 0.333. The van der Waals surface area contributed by atoms with Gasteiger partial charge in [0.1, 0.15) is 0 Å². The third kappa shape index (κ3) is 2.26. The number of aliphatic hydroxyl groups excluding tert-OH is 1. The zero-order chi connectivity index (χ0) is 9.68. The summed E-state index contributed by atoms with van der Waals surface area (Å²) in [5.74, 6) is -0.195. The van der Waals surface area contributed by atoms with E-state index in [1.807, 2.05) is 6.92 Å². The Kier molecular flexibility index (Phi) is 3.40. The van der Waals surface area contributed by atoms with E-state index in [2.05, 4.69) is 10.3 Å². The maximum Gasteiger partial charge on any atom is 0.253 e. The highest BCUT2D eigenvalue weighted by Gasteiger charge is 2.09. The summed E-state index contributed by atoms with van der Waals surface area (Å²) in [6, 6.07) is 3.31. The monoisotopic (exact) mass is 180 g/mol. The first kappa shape index (κ1) is 9.67. The third-order valence-electron chi connectivity index (χ3n) is 1.62. The molecule has 4 heteroatoms. The van der Waals surface area contributed by atoms with E-state index >= 15 is 0 Å². The third-order valence-corrected chi connectivity index (χ3v) is 1.62. The lowest BCUT2D eigenvalue weighted by Gasteiger charge is -2.04. The Morgan fingerprint density at radius 1 is 1.69 bits per heavy atom. The first-order chi connectivity index (χ1) is 6.29. The number of hydrogen-bond acceptors (Lipinski definition) is 3. The Bertz CT molecular complexity index is 299. The van der Waals surface area contributed by atoms with Crippen LogP contribution in [0, 0.1) is 0 Å². The van der Waals surface area contributed by atoms with Gasteiger partial charge in [0.2, 0.25) is 0 Å². The van der Waals surface area contributed by atoms with E-state index in [1.54, 1.807) is 18.3 Å². The molecule has 4 nitrogen and oxygen atoms in total. The molecule has 0 saturated heterocycles. The first-order valence-electron chi connectivity index (χ1n) is 4.12. The molecule has 13 heavy (non-hydrogen) atoms. The molecule has 0 aliphatic carbocycles. The maximum atomic E-state index is 11.4. The minimum atomic E-state index is -0.215. The van der Waals surface area contributed by atoms with Gasteiger partial charge >= 0.3 is 0 Å². The highest BCUT2D eigenvalue weighted by Crippen LogP contribution is 2.04. The lowest BCUT2D eigenvalue weighted by molar-refractivity contribution is 0.0952. The molecule has 1 aromatic rings. The molecular weight excluding hydrogens is 168 g/mol. The second-order valence-electron chi connectivity index (χ2n) is 2.52. The predicted octanol–water partition coefficient (Wildman–Crippen LogP) is 0.324. The van der Waals surface area contributed by atoms with Gasteiger partial charge in [-0.3, -0.25) is 9.78 Å². The Morgan fingerprint density at radius 2 is 2.46 bits per heavy atom. The molecule has 0 radical (unpaired) electrons. The molecule has 0 aromatic carbocycles. The van der Waals surface area contributed by atoms with Crippen LogP contribution in [0.15, 0.2) is 18.3 Å². The molecule has 0 unspecified atom stereocenters. The minimum absolute atomic E-state index is 0.195. The topological polar surface area (TPSA) is 62.2 Å². The van der Waals surface area contributed by atoms with E-state index in [1.165, 1.54) is 0 Å². The van der Waals surface area contributed by atoms with E-state index in [4.69, 9.17) is 5.11 Å². The zero-order valence-electron chi connectivity index (χ0n) is 7.45. The molecule has 70 valence electrons. The summed E-state index contributed by atoms with van der Waals surface area (Å²) in [6.45, 7) is 2.19. The van der Waals surface area contributed by atoms with Crippen molar-refractivity contribution < 1.29 is 9.90 Å². The van der Waals surface area contributed by atoms with Crippen LogP contribution in [0.2, 0.25) is 0 Å². The van der Waals surface area contributed by atoms with Gasteiger partial charge in [-0.05, 0) is 19.1 Å². The molecule has 1 aromatic heterocycles. The number of nitrogens with zero attached hydrogens (tertiary/aromatic N) is 1. The predicted molar refractivity (Wildman–Crippen MR) is 48.2 cm³/mol. The molecule has 0 saturated carbocycles. The first-order valence-corrected chi connectivity index (χ1v) is 4.12. The van der Waals surface area contributed by atoms with Gasteiger partial charge in [0.25, 0.3) is 5.91 Å². The van der Waals surface area contributed by atoms with Crippen LogP contribution < -0.4 is 5.32 Å². The Labute approximate surface area is 76.6 Å². The van der Waals surface area contributed by atoms with Gasteiger partial charge in [0.05, 0.1) is 17.9 Å². The Hall–Kier alpha value is -1.42. The number of carbonyl (C=O) groups excluding carboxylic acids is 1. The van der Waals surface area contributed by atoms with E-state index < -0.39 is 0 Å². The van der Waals surface area contributed by atoms with Crippen LogP contribution >= 0.6 is 0 Å². The fourth-order valence-electron chi connectivity index (χ4n) is 1.03. The summed E-state index contributed by atoms with van der Waals surface area (Å²) < 4.78 is 0. The molecule has 1 amide bonds. The normalized spacial score (nSPS) is 9.69. The second-order valence-corrected chi connectivity index (χ2v) is 2.52. The molecule has 0 spiro atoms. The van der Waals surface area contributed by atoms with Crippen LogP contribution in [0.3, 0.4) is 0 Å². The summed E-state index contributed by atoms with van der Waals surface area (Å²) in [6.07, 6.45) is 1.55. The number of hydrogen-bond donors (Lipinski definition) is 2. The zero-order valence-corrected chi connectivity index (χ0v) is 7.45. The van der Waals surface area contributed by atoms with Crippen molar-refractivity contribution in [2.24, 2.45) is 0 Å². The van der Waals surface area contributed by atoms with Crippen molar-refractivity contribution in [3.05, 3.63) is 29.6 Å². The van der Waals surface area contributed by atoms with Crippen molar-refractivity contribution in [2.75, 3.05) is 6.54 Å². The van der Waals surface area contributed by atoms with Gasteiger partial charge < -0.3 is 10.4 Å². The lowest BCUT2D eigenvalue weighted by Crippen LogP contribution is -2.24. The van der Waals surface area contributed by atoms with Crippen molar-refractivity contribution in [3.8, 4) is 0 Å². The number of aliphatic hydroxyl groups is 1. The van der Waals surface area contributed by atoms with Crippen molar-refractivity contribution in [3.63, 3.8) is 0 Å². The van der Waals surface area contributed by atoms with Crippen LogP contribution in [0.5, 0.6) is 0 Å². The van der Waals surface area contributed by atoms with E-state index in [-0.39, 0.29) is 12.5 Å². The molecular formula is C9H12N2O2. The fourth-order valence-corrected chi connectivity index (χ4v) is 1.03. The Balaban J connectivity index is 2.92. The number of amides is 1. The van der Waals surface area contributed by atoms with Crippen LogP contribution in [0.1, 0.15) is 23.0 Å². The van der Waals surface area contributed by atoms with Crippen molar-refractivity contribution >= 4 is 5.91 Å². The molecule has 0 aliphatic rings. The Morgan fingerprint density at radius 3 is 3.08 bits per heavy atom. The lowest BCUT2D eigenvalue weighted by atomic mass is 10.2. The van der Waals surface area contributed by atoms with Gasteiger partial charge in [-0.25, -0.2) is 0 Å². The minimum Gasteiger partial charge on any atom is -0.390 e. The van der Waals surface area contributed by atoms with Gasteiger partial charge in [-0.2, -0.15) is 0 Å². The van der Waals surface area contributed by atoms with Gasteiger partial charge in [-0.15, -0.1) is 0 Å². The molecule has 2 N–H and O–H groups in total. The van der Waals surface area contributed by atoms with E-state index in [9.17, 15) is 4.79 Å². The number of nitrogens with one attached hydrogen (secondary N) is 1. The van der Waals surface area contributed by atoms with Crippen LogP contribution in [0.4, 0.5) is 0 Å². The SMILES string of the molecule is CCNC(=O)c1cccnc1CO. The number of rotatable bonds is 3. The van der Waals surface area contributed by atoms with E-state index in [0.717, 1.165) is 0 Å². The standard InChI is InChI=1S/C9H12N2O2/c1-2-10-9(13)7-4-3-5-11-8(7)6-12/h3-5,12H,2,6H2,1H3,(H,10,13). The average Bonchev–Trinajstić information content (AvgIpc) is 2.18. The largest absolute Gasteiger partial charge is 0.390 e. The van der Waals surface area contributed by atoms with Crippen molar-refractivity contribution in [1.29, 1.82) is 0 Å². The molecule has 1 rings (SSSR count). The molecule has 0 aliphatic heterocycles. The molecule has 0 fully saturated rings. The number of aromatic nitrogens is 1. The van der Waals surface area contributed by atoms with E-state index in [0.29, 0.717) is 17.8 Å². The highest BCUT2D eigenvalue weighted by molar-refractivity contribution is 5.95. The van der Waals surface area contributed by atoms with Crippen LogP contribution in [0.25, 0.3) is 0 Å². The average molecular weight is 180 g/mol. The summed E-state index contributed by atoms with van der Waals surface area (Å²) in [7, 11) is 0. The summed E-state index contributed by atoms with van der Waals surface area (Å²) in [5, 5.41) is 11.5. The molecule has 0 bridgehead atoms. The van der Waals surface area contributed by atoms with Gasteiger partial charge in [0, 0.05) is 12.7 Å².